The highest BCUT2D eigenvalue weighted by atomic mass is 16.2. The van der Waals surface area contributed by atoms with Gasteiger partial charge in [-0.3, -0.25) is 4.79 Å². The molecular weight excluding hydrogens is 296 g/mol. The van der Waals surface area contributed by atoms with Crippen LogP contribution in [0.4, 0.5) is 5.69 Å². The Kier molecular flexibility index (Phi) is 8.72. The maximum atomic E-state index is 12.3. The molecule has 0 bridgehead atoms. The number of anilines is 1. The lowest BCUT2D eigenvalue weighted by molar-refractivity contribution is -0.131. The fraction of sp³-hybridized carbons (Fsp3) is 0.667. The van der Waals surface area contributed by atoms with Crippen molar-refractivity contribution in [1.29, 1.82) is 0 Å². The van der Waals surface area contributed by atoms with Crippen LogP contribution in [-0.2, 0) is 4.79 Å². The number of carbonyl (C=O) groups is 1. The molecule has 1 aromatic carbocycles. The number of carbonyl (C=O) groups excluding carboxylic acids is 1. The molecule has 0 aromatic heterocycles. The lowest BCUT2D eigenvalue weighted by Crippen LogP contribution is -2.48. The van der Waals surface area contributed by atoms with Gasteiger partial charge in [-0.1, -0.05) is 70.1 Å². The number of rotatable bonds is 10. The molecule has 3 heteroatoms. The molecule has 1 aliphatic heterocycles. The third kappa shape index (κ3) is 6.54. The van der Waals surface area contributed by atoms with E-state index in [-0.39, 0.29) is 0 Å². The summed E-state index contributed by atoms with van der Waals surface area (Å²) in [5.74, 6) is 0.355. The van der Waals surface area contributed by atoms with E-state index in [0.717, 1.165) is 39.0 Å². The summed E-state index contributed by atoms with van der Waals surface area (Å²) in [7, 11) is 0. The second-order valence-corrected chi connectivity index (χ2v) is 6.93. The first-order valence-electron chi connectivity index (χ1n) is 9.89. The van der Waals surface area contributed by atoms with Crippen molar-refractivity contribution in [2.45, 2.75) is 64.7 Å². The average Bonchev–Trinajstić information content (AvgIpc) is 2.64. The summed E-state index contributed by atoms with van der Waals surface area (Å²) >= 11 is 0. The molecule has 2 rings (SSSR count). The maximum Gasteiger partial charge on any atom is 0.222 e. The Hall–Kier alpha value is -1.51. The fourth-order valence-corrected chi connectivity index (χ4v) is 3.42. The predicted octanol–water partition coefficient (Wildman–Crippen LogP) is 4.87. The Balaban J connectivity index is 1.55. The van der Waals surface area contributed by atoms with E-state index in [1.165, 1.54) is 50.6 Å². The zero-order chi connectivity index (χ0) is 17.0. The van der Waals surface area contributed by atoms with Crippen molar-refractivity contribution in [2.24, 2.45) is 0 Å². The number of unbranched alkanes of at least 4 members (excludes halogenated alkanes) is 7. The summed E-state index contributed by atoms with van der Waals surface area (Å²) in [5, 5.41) is 0. The standard InChI is InChI=1S/C21H34N2O/c1-2-3-4-5-6-7-8-12-15-21(24)23-18-16-22(17-19-23)20-13-10-9-11-14-20/h9-11,13-14H,2-8,12,15-19H2,1H3. The monoisotopic (exact) mass is 330 g/mol. The van der Waals surface area contributed by atoms with E-state index in [0.29, 0.717) is 5.91 Å². The van der Waals surface area contributed by atoms with Gasteiger partial charge in [0.1, 0.15) is 0 Å². The van der Waals surface area contributed by atoms with Crippen molar-refractivity contribution in [1.82, 2.24) is 4.90 Å². The molecule has 0 N–H and O–H groups in total. The zero-order valence-corrected chi connectivity index (χ0v) is 15.4. The normalized spacial score (nSPS) is 14.9. The summed E-state index contributed by atoms with van der Waals surface area (Å²) in [5.41, 5.74) is 1.27. The molecule has 24 heavy (non-hydrogen) atoms. The van der Waals surface area contributed by atoms with Gasteiger partial charge in [-0.25, -0.2) is 0 Å². The molecule has 1 aromatic rings. The fourth-order valence-electron chi connectivity index (χ4n) is 3.42. The molecule has 1 saturated heterocycles. The van der Waals surface area contributed by atoms with Crippen LogP contribution in [0.1, 0.15) is 64.7 Å². The van der Waals surface area contributed by atoms with E-state index < -0.39 is 0 Å². The smallest absolute Gasteiger partial charge is 0.222 e. The average molecular weight is 331 g/mol. The minimum Gasteiger partial charge on any atom is -0.368 e. The van der Waals surface area contributed by atoms with Crippen LogP contribution in [0.15, 0.2) is 30.3 Å². The Morgan fingerprint density at radius 1 is 0.833 bits per heavy atom. The third-order valence-electron chi connectivity index (χ3n) is 5.00. The van der Waals surface area contributed by atoms with Crippen LogP contribution in [0.5, 0.6) is 0 Å². The van der Waals surface area contributed by atoms with E-state index in [1.54, 1.807) is 0 Å². The van der Waals surface area contributed by atoms with Gasteiger partial charge >= 0.3 is 0 Å². The number of hydrogen-bond donors (Lipinski definition) is 0. The molecule has 0 radical (unpaired) electrons. The topological polar surface area (TPSA) is 23.6 Å². The largest absolute Gasteiger partial charge is 0.368 e. The lowest BCUT2D eigenvalue weighted by atomic mass is 10.1. The molecule has 0 atom stereocenters. The number of nitrogens with zero attached hydrogens (tertiary/aromatic N) is 2. The maximum absolute atomic E-state index is 12.3. The second kappa shape index (κ2) is 11.1. The van der Waals surface area contributed by atoms with Crippen molar-refractivity contribution in [3.05, 3.63) is 30.3 Å². The summed E-state index contributed by atoms with van der Waals surface area (Å²) in [4.78, 5) is 16.8. The Bertz CT molecular complexity index is 452. The minimum absolute atomic E-state index is 0.355. The second-order valence-electron chi connectivity index (χ2n) is 6.93. The van der Waals surface area contributed by atoms with Crippen molar-refractivity contribution in [2.75, 3.05) is 31.1 Å². The van der Waals surface area contributed by atoms with E-state index in [1.807, 2.05) is 6.07 Å². The summed E-state index contributed by atoms with van der Waals surface area (Å²) in [6, 6.07) is 10.5. The molecule has 1 amide bonds. The minimum atomic E-state index is 0.355. The van der Waals surface area contributed by atoms with Gasteiger partial charge in [0.05, 0.1) is 0 Å². The lowest BCUT2D eigenvalue weighted by Gasteiger charge is -2.36. The highest BCUT2D eigenvalue weighted by Crippen LogP contribution is 2.16. The highest BCUT2D eigenvalue weighted by molar-refractivity contribution is 5.76. The van der Waals surface area contributed by atoms with Gasteiger partial charge in [0.25, 0.3) is 0 Å². The molecule has 0 spiro atoms. The van der Waals surface area contributed by atoms with Gasteiger partial charge in [-0.15, -0.1) is 0 Å². The summed E-state index contributed by atoms with van der Waals surface area (Å²) < 4.78 is 0. The van der Waals surface area contributed by atoms with Gasteiger partial charge in [-0.2, -0.15) is 0 Å². The Labute approximate surface area is 148 Å². The third-order valence-corrected chi connectivity index (χ3v) is 5.00. The molecule has 1 aliphatic rings. The van der Waals surface area contributed by atoms with Gasteiger partial charge < -0.3 is 9.80 Å². The van der Waals surface area contributed by atoms with Crippen LogP contribution >= 0.6 is 0 Å². The van der Waals surface area contributed by atoms with Crippen molar-refractivity contribution < 1.29 is 4.79 Å². The van der Waals surface area contributed by atoms with Crippen LogP contribution in [0.3, 0.4) is 0 Å². The van der Waals surface area contributed by atoms with Gasteiger partial charge in [0, 0.05) is 38.3 Å². The van der Waals surface area contributed by atoms with Crippen molar-refractivity contribution >= 4 is 11.6 Å². The molecule has 3 nitrogen and oxygen atoms in total. The molecule has 1 fully saturated rings. The molecule has 134 valence electrons. The van der Waals surface area contributed by atoms with Crippen LogP contribution in [-0.4, -0.2) is 37.0 Å². The quantitative estimate of drug-likeness (QED) is 0.572. The number of benzene rings is 1. The van der Waals surface area contributed by atoms with E-state index in [9.17, 15) is 4.79 Å². The van der Waals surface area contributed by atoms with Crippen molar-refractivity contribution in [3.8, 4) is 0 Å². The van der Waals surface area contributed by atoms with Crippen LogP contribution in [0, 0.1) is 0 Å². The molecular formula is C21H34N2O. The Morgan fingerprint density at radius 3 is 2.04 bits per heavy atom. The first-order chi connectivity index (χ1) is 11.8. The summed E-state index contributed by atoms with van der Waals surface area (Å²) in [6.45, 7) is 5.89. The summed E-state index contributed by atoms with van der Waals surface area (Å²) in [6.07, 6.45) is 11.1. The predicted molar refractivity (Wildman–Crippen MR) is 102 cm³/mol. The molecule has 1 heterocycles. The van der Waals surface area contributed by atoms with Crippen molar-refractivity contribution in [3.63, 3.8) is 0 Å². The zero-order valence-electron chi connectivity index (χ0n) is 15.4. The first-order valence-corrected chi connectivity index (χ1v) is 9.89. The first kappa shape index (κ1) is 18.8. The molecule has 0 unspecified atom stereocenters. The Morgan fingerprint density at radius 2 is 1.42 bits per heavy atom. The van der Waals surface area contributed by atoms with Gasteiger partial charge in [0.15, 0.2) is 0 Å². The van der Waals surface area contributed by atoms with Crippen LogP contribution < -0.4 is 4.90 Å². The van der Waals surface area contributed by atoms with Gasteiger partial charge in [-0.05, 0) is 18.6 Å². The van der Waals surface area contributed by atoms with E-state index in [2.05, 4.69) is 41.0 Å². The van der Waals surface area contributed by atoms with Crippen LogP contribution in [0.25, 0.3) is 0 Å². The number of amides is 1. The van der Waals surface area contributed by atoms with E-state index >= 15 is 0 Å². The molecule has 0 aliphatic carbocycles. The van der Waals surface area contributed by atoms with E-state index in [4.69, 9.17) is 0 Å². The van der Waals surface area contributed by atoms with Crippen LogP contribution in [0.2, 0.25) is 0 Å². The number of para-hydroxylation sites is 1. The SMILES string of the molecule is CCCCCCCCCCC(=O)N1CCN(c2ccccc2)CC1. The van der Waals surface area contributed by atoms with Gasteiger partial charge in [0.2, 0.25) is 5.91 Å². The number of hydrogen-bond acceptors (Lipinski definition) is 2. The number of piperazine rings is 1. The molecule has 0 saturated carbocycles. The highest BCUT2D eigenvalue weighted by Gasteiger charge is 2.20.